The van der Waals surface area contributed by atoms with Gasteiger partial charge < -0.3 is 4.90 Å². The number of hydrogen-bond donors (Lipinski definition) is 0. The van der Waals surface area contributed by atoms with Gasteiger partial charge >= 0.3 is 0 Å². The van der Waals surface area contributed by atoms with E-state index in [0.29, 0.717) is 32.4 Å². The van der Waals surface area contributed by atoms with E-state index in [1.807, 2.05) is 29.5 Å². The van der Waals surface area contributed by atoms with Crippen molar-refractivity contribution in [2.24, 2.45) is 0 Å². The van der Waals surface area contributed by atoms with Gasteiger partial charge in [-0.05, 0) is 43.4 Å². The van der Waals surface area contributed by atoms with Gasteiger partial charge in [0, 0.05) is 25.2 Å². The molecule has 0 bridgehead atoms. The van der Waals surface area contributed by atoms with Crippen LogP contribution in [-0.4, -0.2) is 27.1 Å². The van der Waals surface area contributed by atoms with Crippen LogP contribution in [0.25, 0.3) is 0 Å². The van der Waals surface area contributed by atoms with Crippen LogP contribution in [0.1, 0.15) is 40.9 Å². The molecule has 0 N–H and O–H groups in total. The lowest BCUT2D eigenvalue weighted by molar-refractivity contribution is -0.132. The van der Waals surface area contributed by atoms with Gasteiger partial charge in [0.2, 0.25) is 5.91 Å². The first-order valence-corrected chi connectivity index (χ1v) is 8.84. The van der Waals surface area contributed by atoms with E-state index in [1.54, 1.807) is 0 Å². The average molecular weight is 336 g/mol. The molecule has 1 aromatic heterocycles. The van der Waals surface area contributed by atoms with Crippen molar-refractivity contribution in [3.05, 3.63) is 52.3 Å². The Morgan fingerprint density at radius 2 is 2.04 bits per heavy atom. The number of carbonyl (C=O) groups excluding carboxylic acids is 1. The van der Waals surface area contributed by atoms with Crippen molar-refractivity contribution in [3.63, 3.8) is 0 Å². The smallest absolute Gasteiger partial charge is 0.223 e. The Hall–Kier alpha value is -2.61. The molecule has 1 aliphatic rings. The fourth-order valence-corrected chi connectivity index (χ4v) is 3.57. The lowest BCUT2D eigenvalue weighted by atomic mass is 9.99. The minimum Gasteiger partial charge on any atom is -0.338 e. The molecule has 0 spiro atoms. The minimum absolute atomic E-state index is 0.207. The van der Waals surface area contributed by atoms with E-state index in [4.69, 9.17) is 5.26 Å². The summed E-state index contributed by atoms with van der Waals surface area (Å²) in [5.41, 5.74) is 5.80. The summed E-state index contributed by atoms with van der Waals surface area (Å²) in [4.78, 5) is 14.6. The van der Waals surface area contributed by atoms with Crippen LogP contribution in [0.15, 0.2) is 24.3 Å². The van der Waals surface area contributed by atoms with Crippen LogP contribution in [0, 0.1) is 25.2 Å². The molecule has 25 heavy (non-hydrogen) atoms. The van der Waals surface area contributed by atoms with Crippen molar-refractivity contribution in [2.45, 2.75) is 52.6 Å². The van der Waals surface area contributed by atoms with Crippen molar-refractivity contribution in [2.75, 3.05) is 6.54 Å². The van der Waals surface area contributed by atoms with Crippen LogP contribution in [0.4, 0.5) is 0 Å². The Morgan fingerprint density at radius 1 is 1.28 bits per heavy atom. The van der Waals surface area contributed by atoms with E-state index in [2.05, 4.69) is 29.4 Å². The molecule has 0 saturated heterocycles. The van der Waals surface area contributed by atoms with Crippen molar-refractivity contribution in [1.29, 1.82) is 5.26 Å². The van der Waals surface area contributed by atoms with E-state index in [1.165, 1.54) is 11.1 Å². The molecule has 1 aliphatic heterocycles. The van der Waals surface area contributed by atoms with Gasteiger partial charge in [-0.2, -0.15) is 10.4 Å². The largest absolute Gasteiger partial charge is 0.338 e. The summed E-state index contributed by atoms with van der Waals surface area (Å²) in [6.07, 6.45) is 2.61. The van der Waals surface area contributed by atoms with E-state index in [0.717, 1.165) is 29.9 Å². The Bertz CT molecular complexity index is 816. The summed E-state index contributed by atoms with van der Waals surface area (Å²) in [5, 5.41) is 13.3. The molecular weight excluding hydrogens is 312 g/mol. The third kappa shape index (κ3) is 3.74. The predicted octanol–water partition coefficient (Wildman–Crippen LogP) is 2.93. The van der Waals surface area contributed by atoms with E-state index in [9.17, 15) is 4.79 Å². The molecule has 0 radical (unpaired) electrons. The Balaban J connectivity index is 1.62. The van der Waals surface area contributed by atoms with Crippen LogP contribution >= 0.6 is 0 Å². The molecule has 1 amide bonds. The highest BCUT2D eigenvalue weighted by molar-refractivity contribution is 5.77. The second-order valence-corrected chi connectivity index (χ2v) is 6.61. The van der Waals surface area contributed by atoms with Gasteiger partial charge in [0.15, 0.2) is 0 Å². The maximum Gasteiger partial charge on any atom is 0.223 e. The Labute approximate surface area is 148 Å². The van der Waals surface area contributed by atoms with Crippen LogP contribution in [0.2, 0.25) is 0 Å². The monoisotopic (exact) mass is 336 g/mol. The van der Waals surface area contributed by atoms with Gasteiger partial charge in [-0.1, -0.05) is 24.3 Å². The Morgan fingerprint density at radius 3 is 2.80 bits per heavy atom. The lowest BCUT2D eigenvalue weighted by Crippen LogP contribution is -2.36. The normalized spacial score (nSPS) is 13.4. The Kier molecular flexibility index (Phi) is 5.18. The lowest BCUT2D eigenvalue weighted by Gasteiger charge is -2.29. The second-order valence-electron chi connectivity index (χ2n) is 6.61. The van der Waals surface area contributed by atoms with Crippen LogP contribution in [0.5, 0.6) is 0 Å². The van der Waals surface area contributed by atoms with Crippen LogP contribution in [0.3, 0.4) is 0 Å². The van der Waals surface area contributed by atoms with E-state index in [-0.39, 0.29) is 5.91 Å². The van der Waals surface area contributed by atoms with Crippen LogP contribution in [-0.2, 0) is 30.7 Å². The number of rotatable bonds is 5. The van der Waals surface area contributed by atoms with Gasteiger partial charge in [0.1, 0.15) is 0 Å². The average Bonchev–Trinajstić information content (AvgIpc) is 2.90. The summed E-state index contributed by atoms with van der Waals surface area (Å²) in [5.74, 6) is 0.207. The third-order valence-corrected chi connectivity index (χ3v) is 5.04. The summed E-state index contributed by atoms with van der Waals surface area (Å²) < 4.78 is 1.88. The molecule has 1 aromatic carbocycles. The zero-order valence-corrected chi connectivity index (χ0v) is 15.0. The van der Waals surface area contributed by atoms with Gasteiger partial charge in [-0.25, -0.2) is 0 Å². The van der Waals surface area contributed by atoms with Crippen molar-refractivity contribution in [3.8, 4) is 6.07 Å². The first-order valence-electron chi connectivity index (χ1n) is 8.84. The predicted molar refractivity (Wildman–Crippen MR) is 95.8 cm³/mol. The molecule has 130 valence electrons. The molecule has 0 saturated carbocycles. The fourth-order valence-electron chi connectivity index (χ4n) is 3.57. The molecule has 0 unspecified atom stereocenters. The third-order valence-electron chi connectivity index (χ3n) is 5.04. The number of carbonyl (C=O) groups is 1. The first kappa shape index (κ1) is 17.2. The molecule has 3 rings (SSSR count). The van der Waals surface area contributed by atoms with Gasteiger partial charge in [0.05, 0.1) is 24.7 Å². The summed E-state index contributed by atoms with van der Waals surface area (Å²) in [6, 6.07) is 10.5. The molecule has 5 nitrogen and oxygen atoms in total. The maximum absolute atomic E-state index is 12.6. The number of nitrogens with zero attached hydrogens (tertiary/aromatic N) is 4. The van der Waals surface area contributed by atoms with Crippen molar-refractivity contribution in [1.82, 2.24) is 14.7 Å². The molecule has 2 heterocycles. The second kappa shape index (κ2) is 7.52. The number of nitriles is 1. The fraction of sp³-hybridized carbons (Fsp3) is 0.450. The van der Waals surface area contributed by atoms with E-state index < -0.39 is 0 Å². The summed E-state index contributed by atoms with van der Waals surface area (Å²) in [6.45, 7) is 6.13. The van der Waals surface area contributed by atoms with E-state index >= 15 is 0 Å². The summed E-state index contributed by atoms with van der Waals surface area (Å²) in [7, 11) is 0. The highest BCUT2D eigenvalue weighted by Crippen LogP contribution is 2.21. The summed E-state index contributed by atoms with van der Waals surface area (Å²) >= 11 is 0. The van der Waals surface area contributed by atoms with Crippen LogP contribution < -0.4 is 0 Å². The van der Waals surface area contributed by atoms with Crippen molar-refractivity contribution >= 4 is 5.91 Å². The first-order chi connectivity index (χ1) is 12.1. The molecule has 0 atom stereocenters. The highest BCUT2D eigenvalue weighted by Gasteiger charge is 2.21. The van der Waals surface area contributed by atoms with Crippen molar-refractivity contribution < 1.29 is 4.79 Å². The number of aromatic nitrogens is 2. The SMILES string of the molecule is Cc1nn(CCC#N)c(C)c1CCC(=O)N1CCc2ccccc2C1. The minimum atomic E-state index is 0.207. The highest BCUT2D eigenvalue weighted by atomic mass is 16.2. The topological polar surface area (TPSA) is 61.9 Å². The van der Waals surface area contributed by atoms with Gasteiger partial charge in [-0.3, -0.25) is 9.48 Å². The number of hydrogen-bond acceptors (Lipinski definition) is 3. The van der Waals surface area contributed by atoms with Gasteiger partial charge in [0.25, 0.3) is 0 Å². The maximum atomic E-state index is 12.6. The molecule has 0 aliphatic carbocycles. The number of aryl methyl sites for hydroxylation is 2. The molecule has 5 heteroatoms. The van der Waals surface area contributed by atoms with Gasteiger partial charge in [-0.15, -0.1) is 0 Å². The zero-order valence-electron chi connectivity index (χ0n) is 15.0. The molecule has 0 fully saturated rings. The number of benzene rings is 1. The zero-order chi connectivity index (χ0) is 17.8. The number of amides is 1. The standard InChI is InChI=1S/C20H24N4O/c1-15-19(16(2)24(22-15)12-5-11-21)8-9-20(25)23-13-10-17-6-3-4-7-18(17)14-23/h3-4,6-7H,5,8-10,12-14H2,1-2H3. The number of fused-ring (bicyclic) bond motifs is 1. The molecule has 2 aromatic rings. The quantitative estimate of drug-likeness (QED) is 0.843. The molecular formula is C20H24N4O.